The van der Waals surface area contributed by atoms with E-state index in [1.807, 2.05) is 30.3 Å². The highest BCUT2D eigenvalue weighted by atomic mass is 35.5. The Morgan fingerprint density at radius 1 is 1.18 bits per heavy atom. The summed E-state index contributed by atoms with van der Waals surface area (Å²) < 4.78 is 10.5. The van der Waals surface area contributed by atoms with Crippen LogP contribution >= 0.6 is 11.6 Å². The standard InChI is InChI=1S/C24H27ClN4O5/c1-4-34-23(31)21-18(27-24(32)28-22(21)15-8-6-5-7-9-15)13-29(2)14-20(30)26-17-12-16(25)10-11-19(17)33-3/h5-12,22H,4,13-14H2,1-3H3,(H,26,30)(H2,27,28,32). The van der Waals surface area contributed by atoms with E-state index in [1.165, 1.54) is 7.11 Å². The lowest BCUT2D eigenvalue weighted by molar-refractivity contribution is -0.139. The van der Waals surface area contributed by atoms with Crippen LogP contribution in [-0.2, 0) is 14.3 Å². The smallest absolute Gasteiger partial charge is 0.338 e. The molecule has 0 fully saturated rings. The molecule has 9 nitrogen and oxygen atoms in total. The quantitative estimate of drug-likeness (QED) is 0.470. The fraction of sp³-hybridized carbons (Fsp3) is 0.292. The van der Waals surface area contributed by atoms with Gasteiger partial charge in [0, 0.05) is 17.3 Å². The van der Waals surface area contributed by atoms with E-state index in [9.17, 15) is 14.4 Å². The van der Waals surface area contributed by atoms with E-state index >= 15 is 0 Å². The molecule has 1 aliphatic heterocycles. The van der Waals surface area contributed by atoms with E-state index in [1.54, 1.807) is 37.1 Å². The average molecular weight is 487 g/mol. The molecule has 3 N–H and O–H groups in total. The topological polar surface area (TPSA) is 109 Å². The number of urea groups is 1. The third kappa shape index (κ3) is 6.27. The molecule has 1 atom stereocenters. The van der Waals surface area contributed by atoms with Crippen LogP contribution in [0.25, 0.3) is 0 Å². The summed E-state index contributed by atoms with van der Waals surface area (Å²) in [4.78, 5) is 39.6. The van der Waals surface area contributed by atoms with Crippen molar-refractivity contribution >= 4 is 35.2 Å². The summed E-state index contributed by atoms with van der Waals surface area (Å²) in [5.41, 5.74) is 1.84. The van der Waals surface area contributed by atoms with Crippen LogP contribution in [0.4, 0.5) is 10.5 Å². The van der Waals surface area contributed by atoms with E-state index in [0.717, 1.165) is 5.56 Å². The van der Waals surface area contributed by atoms with Crippen molar-refractivity contribution in [1.82, 2.24) is 15.5 Å². The molecule has 0 saturated heterocycles. The minimum Gasteiger partial charge on any atom is -0.495 e. The Hall–Kier alpha value is -3.56. The normalized spacial score (nSPS) is 15.4. The summed E-state index contributed by atoms with van der Waals surface area (Å²) in [6.45, 7) is 2.01. The Morgan fingerprint density at radius 2 is 1.91 bits per heavy atom. The number of ether oxygens (including phenoxy) is 2. The second-order valence-corrected chi connectivity index (χ2v) is 8.06. The van der Waals surface area contributed by atoms with Gasteiger partial charge in [-0.05, 0) is 37.7 Å². The number of carbonyl (C=O) groups is 3. The van der Waals surface area contributed by atoms with Gasteiger partial charge in [-0.25, -0.2) is 9.59 Å². The zero-order valence-electron chi connectivity index (χ0n) is 19.2. The molecule has 3 amide bonds. The molecule has 1 unspecified atom stereocenters. The third-order valence-corrected chi connectivity index (χ3v) is 5.29. The molecule has 0 aromatic heterocycles. The average Bonchev–Trinajstić information content (AvgIpc) is 2.79. The summed E-state index contributed by atoms with van der Waals surface area (Å²) in [6, 6.07) is 12.9. The molecule has 0 saturated carbocycles. The first-order valence-corrected chi connectivity index (χ1v) is 11.0. The van der Waals surface area contributed by atoms with Gasteiger partial charge in [0.25, 0.3) is 0 Å². The fourth-order valence-electron chi connectivity index (χ4n) is 3.63. The summed E-state index contributed by atoms with van der Waals surface area (Å²) in [6.07, 6.45) is 0. The van der Waals surface area contributed by atoms with E-state index in [4.69, 9.17) is 21.1 Å². The predicted molar refractivity (Wildman–Crippen MR) is 129 cm³/mol. The highest BCUT2D eigenvalue weighted by Crippen LogP contribution is 2.29. The molecular weight excluding hydrogens is 460 g/mol. The van der Waals surface area contributed by atoms with Gasteiger partial charge >= 0.3 is 12.0 Å². The molecule has 0 spiro atoms. The largest absolute Gasteiger partial charge is 0.495 e. The first-order valence-electron chi connectivity index (χ1n) is 10.7. The molecule has 1 heterocycles. The number of methoxy groups -OCH3 is 1. The Morgan fingerprint density at radius 3 is 2.59 bits per heavy atom. The van der Waals surface area contributed by atoms with E-state index in [2.05, 4.69) is 16.0 Å². The number of halogens is 1. The number of benzene rings is 2. The van der Waals surface area contributed by atoms with Crippen LogP contribution < -0.4 is 20.7 Å². The predicted octanol–water partition coefficient (Wildman–Crippen LogP) is 3.09. The Kier molecular flexibility index (Phi) is 8.50. The van der Waals surface area contributed by atoms with Gasteiger partial charge in [-0.3, -0.25) is 9.69 Å². The molecule has 1 aliphatic rings. The Labute approximate surface area is 203 Å². The summed E-state index contributed by atoms with van der Waals surface area (Å²) in [5, 5.41) is 8.71. The SMILES string of the molecule is CCOC(=O)C1=C(CN(C)CC(=O)Nc2cc(Cl)ccc2OC)NC(=O)NC1c1ccccc1. The zero-order chi connectivity index (χ0) is 24.7. The number of nitrogens with zero attached hydrogens (tertiary/aromatic N) is 1. The molecule has 0 bridgehead atoms. The van der Waals surface area contributed by atoms with Gasteiger partial charge < -0.3 is 25.4 Å². The molecule has 0 aliphatic carbocycles. The summed E-state index contributed by atoms with van der Waals surface area (Å²) in [7, 11) is 3.20. The van der Waals surface area contributed by atoms with Gasteiger partial charge in [-0.15, -0.1) is 0 Å². The van der Waals surface area contributed by atoms with E-state index in [-0.39, 0.29) is 31.2 Å². The third-order valence-electron chi connectivity index (χ3n) is 5.06. The molecule has 3 rings (SSSR count). The van der Waals surface area contributed by atoms with Crippen molar-refractivity contribution in [3.8, 4) is 5.75 Å². The fourth-order valence-corrected chi connectivity index (χ4v) is 3.80. The second-order valence-electron chi connectivity index (χ2n) is 7.62. The highest BCUT2D eigenvalue weighted by molar-refractivity contribution is 6.31. The number of esters is 1. The van der Waals surface area contributed by atoms with Crippen molar-refractivity contribution in [2.75, 3.05) is 39.2 Å². The van der Waals surface area contributed by atoms with Gasteiger partial charge in [-0.1, -0.05) is 41.9 Å². The van der Waals surface area contributed by atoms with E-state index in [0.29, 0.717) is 22.2 Å². The van der Waals surface area contributed by atoms with Gasteiger partial charge in [0.05, 0.1) is 37.6 Å². The van der Waals surface area contributed by atoms with Crippen molar-refractivity contribution in [1.29, 1.82) is 0 Å². The second kappa shape index (κ2) is 11.5. The first kappa shape index (κ1) is 25.1. The number of hydrogen-bond acceptors (Lipinski definition) is 6. The number of anilines is 1. The highest BCUT2D eigenvalue weighted by Gasteiger charge is 2.34. The maximum atomic E-state index is 12.9. The molecule has 180 valence electrons. The van der Waals surface area contributed by atoms with Gasteiger partial charge in [0.2, 0.25) is 5.91 Å². The number of rotatable bonds is 9. The maximum absolute atomic E-state index is 12.9. The number of carbonyl (C=O) groups excluding carboxylic acids is 3. The van der Waals surface area contributed by atoms with Crippen LogP contribution in [0.2, 0.25) is 5.02 Å². The van der Waals surface area contributed by atoms with Crippen molar-refractivity contribution < 1.29 is 23.9 Å². The molecular formula is C24H27ClN4O5. The minimum absolute atomic E-state index is 0.0193. The number of nitrogens with one attached hydrogen (secondary N) is 3. The summed E-state index contributed by atoms with van der Waals surface area (Å²) >= 11 is 6.03. The van der Waals surface area contributed by atoms with Gasteiger partial charge in [-0.2, -0.15) is 0 Å². The van der Waals surface area contributed by atoms with Crippen LogP contribution in [0, 0.1) is 0 Å². The Balaban J connectivity index is 1.81. The zero-order valence-corrected chi connectivity index (χ0v) is 19.9. The molecule has 2 aromatic rings. The lowest BCUT2D eigenvalue weighted by Gasteiger charge is -2.31. The number of likely N-dealkylation sites (N-methyl/N-ethyl adjacent to an activating group) is 1. The van der Waals surface area contributed by atoms with Crippen LogP contribution in [-0.4, -0.2) is 56.7 Å². The minimum atomic E-state index is -0.679. The van der Waals surface area contributed by atoms with Crippen LogP contribution in [0.3, 0.4) is 0 Å². The first-order chi connectivity index (χ1) is 16.3. The Bertz CT molecular complexity index is 1090. The van der Waals surface area contributed by atoms with Crippen LogP contribution in [0.1, 0.15) is 18.5 Å². The van der Waals surface area contributed by atoms with Crippen molar-refractivity contribution in [2.24, 2.45) is 0 Å². The molecule has 2 aromatic carbocycles. The van der Waals surface area contributed by atoms with E-state index < -0.39 is 18.0 Å². The van der Waals surface area contributed by atoms with Crippen molar-refractivity contribution in [3.63, 3.8) is 0 Å². The van der Waals surface area contributed by atoms with Gasteiger partial charge in [0.1, 0.15) is 5.75 Å². The molecule has 0 radical (unpaired) electrons. The number of hydrogen-bond donors (Lipinski definition) is 3. The number of amides is 3. The lowest BCUT2D eigenvalue weighted by Crippen LogP contribution is -2.48. The van der Waals surface area contributed by atoms with Crippen molar-refractivity contribution in [3.05, 3.63) is 70.4 Å². The lowest BCUT2D eigenvalue weighted by atomic mass is 9.95. The van der Waals surface area contributed by atoms with Crippen LogP contribution in [0.15, 0.2) is 59.8 Å². The van der Waals surface area contributed by atoms with Crippen LogP contribution in [0.5, 0.6) is 5.75 Å². The van der Waals surface area contributed by atoms with Gasteiger partial charge in [0.15, 0.2) is 0 Å². The maximum Gasteiger partial charge on any atom is 0.338 e. The molecule has 10 heteroatoms. The molecule has 34 heavy (non-hydrogen) atoms. The monoisotopic (exact) mass is 486 g/mol. The summed E-state index contributed by atoms with van der Waals surface area (Å²) in [5.74, 6) is -0.384. The van der Waals surface area contributed by atoms with Crippen molar-refractivity contribution in [2.45, 2.75) is 13.0 Å².